The minimum Gasteiger partial charge on any atom is -0.365 e. The number of nitrogens with one attached hydrogen (secondary N) is 2. The lowest BCUT2D eigenvalue weighted by molar-refractivity contribution is 0.742. The molecule has 2 aromatic heterocycles. The summed E-state index contributed by atoms with van der Waals surface area (Å²) in [6.45, 7) is 10.9. The van der Waals surface area contributed by atoms with Gasteiger partial charge in [-0.15, -0.1) is 22.7 Å². The van der Waals surface area contributed by atoms with E-state index in [-0.39, 0.29) is 12.1 Å². The number of aryl methyl sites for hydroxylation is 3. The van der Waals surface area contributed by atoms with Crippen molar-refractivity contribution >= 4 is 51.1 Å². The maximum atomic E-state index is 4.77. The number of benzene rings is 1. The Morgan fingerprint density at radius 1 is 0.871 bits per heavy atom. The zero-order chi connectivity index (χ0) is 21.7. The number of hydrogen-bond acceptors (Lipinski definition) is 6. The van der Waals surface area contributed by atoms with E-state index in [0.717, 1.165) is 5.70 Å². The van der Waals surface area contributed by atoms with Crippen LogP contribution in [0.5, 0.6) is 0 Å². The molecule has 3 aromatic rings. The second kappa shape index (κ2) is 7.77. The summed E-state index contributed by atoms with van der Waals surface area (Å²) in [5.41, 5.74) is 7.42. The molecule has 0 aliphatic carbocycles. The van der Waals surface area contributed by atoms with Gasteiger partial charge in [0.2, 0.25) is 0 Å². The molecule has 2 unspecified atom stereocenters. The van der Waals surface area contributed by atoms with Crippen LogP contribution in [0.3, 0.4) is 0 Å². The fourth-order valence-electron chi connectivity index (χ4n) is 4.64. The highest BCUT2D eigenvalue weighted by molar-refractivity contribution is 7.19. The molecule has 0 bridgehead atoms. The van der Waals surface area contributed by atoms with Crippen molar-refractivity contribution in [2.75, 3.05) is 0 Å². The van der Waals surface area contributed by atoms with Gasteiger partial charge in [0, 0.05) is 36.7 Å². The quantitative estimate of drug-likeness (QED) is 0.478. The Labute approximate surface area is 191 Å². The lowest BCUT2D eigenvalue weighted by Crippen LogP contribution is -2.24. The van der Waals surface area contributed by atoms with Crippen LogP contribution >= 0.6 is 22.7 Å². The fourth-order valence-corrected chi connectivity index (χ4v) is 6.68. The molecule has 0 saturated heterocycles. The maximum Gasteiger partial charge on any atom is 0.0893 e. The van der Waals surface area contributed by atoms with Crippen LogP contribution in [-0.4, -0.2) is 12.7 Å². The Kier molecular flexibility index (Phi) is 5.07. The van der Waals surface area contributed by atoms with Gasteiger partial charge in [-0.2, -0.15) is 0 Å². The van der Waals surface area contributed by atoms with Gasteiger partial charge in [0.25, 0.3) is 0 Å². The standard InChI is InChI=1S/C25H26N4S2/c1-13-10-26-11-27-23(13)22-17(5)31-21-7-6-18(9-20(21)22)24-15(3)25(29-12-28-24)19-8-14(2)30-16(19)4/h6-12,23,25H,1-5H3,(H,26,27)(H,28,29). The minimum atomic E-state index is 0.164. The van der Waals surface area contributed by atoms with Crippen LogP contribution in [-0.2, 0) is 0 Å². The molecule has 2 N–H and O–H groups in total. The minimum absolute atomic E-state index is 0.164. The Hall–Kier alpha value is -2.70. The maximum absolute atomic E-state index is 4.77. The van der Waals surface area contributed by atoms with Crippen LogP contribution in [0.1, 0.15) is 57.3 Å². The first-order valence-electron chi connectivity index (χ1n) is 10.5. The van der Waals surface area contributed by atoms with E-state index in [4.69, 9.17) is 4.99 Å². The van der Waals surface area contributed by atoms with E-state index >= 15 is 0 Å². The number of aliphatic imine (C=N–C) groups is 2. The number of rotatable bonds is 3. The molecule has 6 heteroatoms. The van der Waals surface area contributed by atoms with Gasteiger partial charge in [0.1, 0.15) is 0 Å². The van der Waals surface area contributed by atoms with Crippen LogP contribution in [0.4, 0.5) is 0 Å². The highest BCUT2D eigenvalue weighted by Gasteiger charge is 2.25. The van der Waals surface area contributed by atoms with Gasteiger partial charge in [-0.05, 0) is 74.9 Å². The second-order valence-corrected chi connectivity index (χ2v) is 11.0. The molecule has 1 aromatic carbocycles. The molecular weight excluding hydrogens is 420 g/mol. The molecule has 31 heavy (non-hydrogen) atoms. The molecule has 5 rings (SSSR count). The molecule has 158 valence electrons. The molecule has 0 spiro atoms. The molecule has 2 aliphatic rings. The van der Waals surface area contributed by atoms with Crippen molar-refractivity contribution < 1.29 is 0 Å². The first kappa shape index (κ1) is 20.2. The zero-order valence-electron chi connectivity index (χ0n) is 18.4. The average Bonchev–Trinajstić information content (AvgIpc) is 3.25. The smallest absolute Gasteiger partial charge is 0.0893 e. The van der Waals surface area contributed by atoms with E-state index < -0.39 is 0 Å². The Balaban J connectivity index is 1.62. The average molecular weight is 447 g/mol. The van der Waals surface area contributed by atoms with Gasteiger partial charge in [-0.25, -0.2) is 9.98 Å². The molecular formula is C25H26N4S2. The number of hydrogen-bond donors (Lipinski definition) is 2. The fraction of sp³-hybridized carbons (Fsp3) is 0.280. The largest absolute Gasteiger partial charge is 0.365 e. The van der Waals surface area contributed by atoms with E-state index in [1.54, 1.807) is 6.34 Å². The molecule has 2 aliphatic heterocycles. The van der Waals surface area contributed by atoms with Crippen molar-refractivity contribution in [2.45, 2.75) is 46.7 Å². The number of nitrogens with zero attached hydrogens (tertiary/aromatic N) is 2. The summed E-state index contributed by atoms with van der Waals surface area (Å²) in [5.74, 6) is 0. The van der Waals surface area contributed by atoms with E-state index in [9.17, 15) is 0 Å². The monoisotopic (exact) mass is 446 g/mol. The van der Waals surface area contributed by atoms with Gasteiger partial charge in [-0.3, -0.25) is 0 Å². The zero-order valence-corrected chi connectivity index (χ0v) is 20.0. The summed E-state index contributed by atoms with van der Waals surface area (Å²) in [6, 6.07) is 9.40. The Bertz CT molecular complexity index is 1300. The summed E-state index contributed by atoms with van der Waals surface area (Å²) in [5, 5.41) is 8.22. The predicted molar refractivity (Wildman–Crippen MR) is 135 cm³/mol. The lowest BCUT2D eigenvalue weighted by atomic mass is 9.93. The lowest BCUT2D eigenvalue weighted by Gasteiger charge is -2.24. The van der Waals surface area contributed by atoms with Crippen LogP contribution in [0.15, 0.2) is 51.6 Å². The number of fused-ring (bicyclic) bond motifs is 1. The third-order valence-corrected chi connectivity index (χ3v) is 8.24. The third kappa shape index (κ3) is 3.44. The molecule has 0 saturated carbocycles. The first-order valence-corrected chi connectivity index (χ1v) is 12.1. The topological polar surface area (TPSA) is 48.8 Å². The highest BCUT2D eigenvalue weighted by Crippen LogP contribution is 2.41. The van der Waals surface area contributed by atoms with Gasteiger partial charge in [0.05, 0.1) is 30.5 Å². The highest BCUT2D eigenvalue weighted by atomic mass is 32.1. The van der Waals surface area contributed by atoms with Crippen molar-refractivity contribution in [2.24, 2.45) is 9.98 Å². The second-order valence-electron chi connectivity index (χ2n) is 8.29. The van der Waals surface area contributed by atoms with Gasteiger partial charge >= 0.3 is 0 Å². The summed E-state index contributed by atoms with van der Waals surface area (Å²) in [7, 11) is 0. The van der Waals surface area contributed by atoms with Gasteiger partial charge in [-0.1, -0.05) is 6.07 Å². The van der Waals surface area contributed by atoms with Crippen molar-refractivity contribution in [3.05, 3.63) is 72.9 Å². The predicted octanol–water partition coefficient (Wildman–Crippen LogP) is 6.57. The van der Waals surface area contributed by atoms with Crippen LogP contribution in [0, 0.1) is 20.8 Å². The van der Waals surface area contributed by atoms with Crippen molar-refractivity contribution in [1.82, 2.24) is 10.6 Å². The molecule has 0 fully saturated rings. The van der Waals surface area contributed by atoms with E-state index in [1.165, 1.54) is 52.6 Å². The molecule has 0 radical (unpaired) electrons. The van der Waals surface area contributed by atoms with Crippen LogP contribution < -0.4 is 10.6 Å². The van der Waals surface area contributed by atoms with Crippen molar-refractivity contribution in [3.63, 3.8) is 0 Å². The SMILES string of the molecule is CC1=CN=CNC1c1c(C)sc2ccc(C3=C(C)C(c4cc(C)sc4C)NC=N3)cc12. The Morgan fingerprint density at radius 2 is 1.68 bits per heavy atom. The van der Waals surface area contributed by atoms with E-state index in [0.29, 0.717) is 0 Å². The van der Waals surface area contributed by atoms with Gasteiger partial charge in [0.15, 0.2) is 0 Å². The van der Waals surface area contributed by atoms with Gasteiger partial charge < -0.3 is 10.6 Å². The van der Waals surface area contributed by atoms with E-state index in [1.807, 2.05) is 35.2 Å². The molecule has 4 nitrogen and oxygen atoms in total. The van der Waals surface area contributed by atoms with Crippen molar-refractivity contribution in [1.29, 1.82) is 0 Å². The summed E-state index contributed by atoms with van der Waals surface area (Å²) >= 11 is 3.71. The van der Waals surface area contributed by atoms with Crippen molar-refractivity contribution in [3.8, 4) is 0 Å². The van der Waals surface area contributed by atoms with Crippen LogP contribution in [0.25, 0.3) is 15.8 Å². The summed E-state index contributed by atoms with van der Waals surface area (Å²) in [6.07, 6.45) is 5.60. The number of thiophene rings is 2. The normalized spacial score (nSPS) is 20.7. The summed E-state index contributed by atoms with van der Waals surface area (Å²) in [4.78, 5) is 13.1. The first-order chi connectivity index (χ1) is 14.9. The summed E-state index contributed by atoms with van der Waals surface area (Å²) < 4.78 is 1.31. The van der Waals surface area contributed by atoms with E-state index in [2.05, 4.69) is 74.5 Å². The molecule has 4 heterocycles. The molecule has 2 atom stereocenters. The molecule has 0 amide bonds. The third-order valence-electron chi connectivity index (χ3n) is 6.16. The Morgan fingerprint density at radius 3 is 2.42 bits per heavy atom. The van der Waals surface area contributed by atoms with Crippen LogP contribution in [0.2, 0.25) is 0 Å².